The Kier molecular flexibility index (Phi) is 5.77. The van der Waals surface area contributed by atoms with Crippen LogP contribution in [-0.4, -0.2) is 31.5 Å². The summed E-state index contributed by atoms with van der Waals surface area (Å²) in [6.07, 6.45) is 0. The zero-order valence-corrected chi connectivity index (χ0v) is 22.8. The van der Waals surface area contributed by atoms with E-state index < -0.39 is 5.60 Å². The summed E-state index contributed by atoms with van der Waals surface area (Å²) in [4.78, 5) is 13.9. The van der Waals surface area contributed by atoms with Crippen LogP contribution in [0.15, 0.2) is 35.1 Å². The summed E-state index contributed by atoms with van der Waals surface area (Å²) >= 11 is 0. The largest absolute Gasteiger partial charge is 0.493 e. The number of hydrogen-bond donors (Lipinski definition) is 0. The van der Waals surface area contributed by atoms with Crippen LogP contribution >= 0.6 is 0 Å². The first-order chi connectivity index (χ1) is 17.0. The van der Waals surface area contributed by atoms with Crippen LogP contribution in [0.2, 0.25) is 0 Å². The highest BCUT2D eigenvalue weighted by Gasteiger charge is 2.63. The Balaban J connectivity index is 1.80. The van der Waals surface area contributed by atoms with Crippen LogP contribution in [0, 0.1) is 24.7 Å². The molecule has 1 aliphatic heterocycles. The Labute approximate surface area is 213 Å². The van der Waals surface area contributed by atoms with E-state index >= 15 is 0 Å². The van der Waals surface area contributed by atoms with Gasteiger partial charge in [-0.2, -0.15) is 0 Å². The lowest BCUT2D eigenvalue weighted by Gasteiger charge is -2.62. The first-order valence-electron chi connectivity index (χ1n) is 12.7. The third-order valence-electron chi connectivity index (χ3n) is 8.48. The van der Waals surface area contributed by atoms with Gasteiger partial charge in [0, 0.05) is 24.3 Å². The summed E-state index contributed by atoms with van der Waals surface area (Å²) in [5.74, 6) is 3.61. The summed E-state index contributed by atoms with van der Waals surface area (Å²) in [6, 6.07) is 10.3. The molecule has 5 rings (SSSR count). The first kappa shape index (κ1) is 24.5. The van der Waals surface area contributed by atoms with Crippen LogP contribution in [0.25, 0.3) is 10.9 Å². The quantitative estimate of drug-likeness (QED) is 0.451. The van der Waals surface area contributed by atoms with E-state index in [9.17, 15) is 4.79 Å². The van der Waals surface area contributed by atoms with E-state index in [4.69, 9.17) is 18.9 Å². The van der Waals surface area contributed by atoms with Crippen molar-refractivity contribution in [1.82, 2.24) is 4.57 Å². The zero-order chi connectivity index (χ0) is 26.1. The van der Waals surface area contributed by atoms with Crippen molar-refractivity contribution in [1.29, 1.82) is 0 Å². The van der Waals surface area contributed by atoms with E-state index in [1.165, 1.54) is 0 Å². The minimum atomic E-state index is -0.424. The topological polar surface area (TPSA) is 58.9 Å². The third-order valence-corrected chi connectivity index (χ3v) is 8.48. The minimum absolute atomic E-state index is 0.0163. The summed E-state index contributed by atoms with van der Waals surface area (Å²) in [5, 5.41) is 0.996. The molecule has 2 aromatic carbocycles. The number of fused-ring (bicyclic) bond motifs is 5. The molecule has 2 aliphatic rings. The number of benzene rings is 2. The number of pyridine rings is 1. The van der Waals surface area contributed by atoms with Gasteiger partial charge in [-0.15, -0.1) is 0 Å². The van der Waals surface area contributed by atoms with Crippen molar-refractivity contribution >= 4 is 10.9 Å². The molecule has 0 amide bonds. The fourth-order valence-corrected chi connectivity index (χ4v) is 6.98. The second-order valence-electron chi connectivity index (χ2n) is 11.2. The molecule has 0 N–H and O–H groups in total. The number of aryl methyl sites for hydroxylation is 2. The molecule has 1 aromatic heterocycles. The van der Waals surface area contributed by atoms with Crippen LogP contribution in [0.4, 0.5) is 0 Å². The lowest BCUT2D eigenvalue weighted by molar-refractivity contribution is -0.105. The lowest BCUT2D eigenvalue weighted by Crippen LogP contribution is -2.61. The number of methoxy groups -OCH3 is 3. The Morgan fingerprint density at radius 3 is 2.17 bits per heavy atom. The molecule has 6 nitrogen and oxygen atoms in total. The maximum atomic E-state index is 13.9. The number of rotatable bonds is 5. The van der Waals surface area contributed by atoms with Crippen molar-refractivity contribution in [3.05, 3.63) is 57.4 Å². The Hall–Kier alpha value is -3.15. The van der Waals surface area contributed by atoms with Crippen LogP contribution in [0.1, 0.15) is 56.2 Å². The highest BCUT2D eigenvalue weighted by atomic mass is 16.5. The summed E-state index contributed by atoms with van der Waals surface area (Å²) in [6.45, 7) is 10.9. The highest BCUT2D eigenvalue weighted by Crippen LogP contribution is 2.67. The second kappa shape index (κ2) is 8.46. The van der Waals surface area contributed by atoms with Gasteiger partial charge in [-0.05, 0) is 68.4 Å². The van der Waals surface area contributed by atoms with Crippen molar-refractivity contribution in [2.45, 2.75) is 52.1 Å². The Morgan fingerprint density at radius 2 is 1.61 bits per heavy atom. The molecule has 0 saturated heterocycles. The predicted octanol–water partition coefficient (Wildman–Crippen LogP) is 5.81. The second-order valence-corrected chi connectivity index (χ2v) is 11.2. The molecule has 0 unspecified atom stereocenters. The standard InChI is InChI=1S/C30H37NO5/c1-15(2)22-23(17-13-20(33-7)28(35-9)21(14-17)34-8)24-25-27(36-30(4,5)26(22)24)18-12-16(3)10-11-19(18)31(6)29(25)32/h10-15,22-24,26H,1-9H3/t22-,23-,24+,26+/m1/s1. The van der Waals surface area contributed by atoms with Crippen molar-refractivity contribution < 1.29 is 18.9 Å². The van der Waals surface area contributed by atoms with Crippen molar-refractivity contribution in [3.63, 3.8) is 0 Å². The van der Waals surface area contributed by atoms with Gasteiger partial charge in [0.05, 0.1) is 32.4 Å². The molecule has 0 spiro atoms. The molecule has 0 radical (unpaired) electrons. The van der Waals surface area contributed by atoms with Crippen molar-refractivity contribution in [2.75, 3.05) is 21.3 Å². The summed E-state index contributed by atoms with van der Waals surface area (Å²) < 4.78 is 25.5. The molecular weight excluding hydrogens is 454 g/mol. The maximum Gasteiger partial charge on any atom is 0.258 e. The molecule has 36 heavy (non-hydrogen) atoms. The zero-order valence-electron chi connectivity index (χ0n) is 22.8. The van der Waals surface area contributed by atoms with E-state index in [0.29, 0.717) is 29.1 Å². The fraction of sp³-hybridized carbons (Fsp3) is 0.500. The van der Waals surface area contributed by atoms with E-state index in [-0.39, 0.29) is 23.3 Å². The fourth-order valence-electron chi connectivity index (χ4n) is 6.98. The van der Waals surface area contributed by atoms with Crippen molar-refractivity contribution in [2.24, 2.45) is 24.8 Å². The molecule has 2 heterocycles. The van der Waals surface area contributed by atoms with Crippen LogP contribution in [0.5, 0.6) is 23.0 Å². The Morgan fingerprint density at radius 1 is 0.972 bits per heavy atom. The molecule has 6 heteroatoms. The SMILES string of the molecule is COc1cc([C@H]2[C@H]3c4c(c5cc(C)ccc5n(C)c4=O)OC(C)(C)[C@H]3[C@@H]2C(C)C)cc(OC)c1OC. The average Bonchev–Trinajstić information content (AvgIpc) is 2.81. The van der Waals surface area contributed by atoms with Gasteiger partial charge in [0.1, 0.15) is 11.4 Å². The van der Waals surface area contributed by atoms with Crippen LogP contribution < -0.4 is 24.5 Å². The van der Waals surface area contributed by atoms with E-state index in [1.807, 2.05) is 19.2 Å². The van der Waals surface area contributed by atoms with Gasteiger partial charge < -0.3 is 23.5 Å². The first-order valence-corrected chi connectivity index (χ1v) is 12.7. The monoisotopic (exact) mass is 491 g/mol. The highest BCUT2D eigenvalue weighted by molar-refractivity contribution is 5.88. The summed E-state index contributed by atoms with van der Waals surface area (Å²) in [5.41, 5.74) is 3.51. The molecule has 1 fully saturated rings. The predicted molar refractivity (Wildman–Crippen MR) is 142 cm³/mol. The van der Waals surface area contributed by atoms with Gasteiger partial charge in [-0.1, -0.05) is 25.5 Å². The number of nitrogens with zero attached hydrogens (tertiary/aromatic N) is 1. The maximum absolute atomic E-state index is 13.9. The normalized spacial score (nSPS) is 23.9. The molecular formula is C30H37NO5. The Bertz CT molecular complexity index is 1380. The van der Waals surface area contributed by atoms with Gasteiger partial charge in [0.25, 0.3) is 5.56 Å². The molecule has 1 saturated carbocycles. The van der Waals surface area contributed by atoms with E-state index in [1.54, 1.807) is 25.9 Å². The average molecular weight is 492 g/mol. The van der Waals surface area contributed by atoms with Gasteiger partial charge in [-0.25, -0.2) is 0 Å². The lowest BCUT2D eigenvalue weighted by atomic mass is 9.45. The van der Waals surface area contributed by atoms with E-state index in [2.05, 4.69) is 52.8 Å². The van der Waals surface area contributed by atoms with E-state index in [0.717, 1.165) is 33.3 Å². The van der Waals surface area contributed by atoms with Crippen LogP contribution in [0.3, 0.4) is 0 Å². The number of aromatic nitrogens is 1. The molecule has 192 valence electrons. The molecule has 0 bridgehead atoms. The van der Waals surface area contributed by atoms with Gasteiger partial charge in [0.15, 0.2) is 11.5 Å². The molecule has 3 aromatic rings. The smallest absolute Gasteiger partial charge is 0.258 e. The molecule has 1 aliphatic carbocycles. The minimum Gasteiger partial charge on any atom is -0.493 e. The number of hydrogen-bond acceptors (Lipinski definition) is 5. The molecule has 4 atom stereocenters. The van der Waals surface area contributed by atoms with Crippen molar-refractivity contribution in [3.8, 4) is 23.0 Å². The van der Waals surface area contributed by atoms with Gasteiger partial charge in [0.2, 0.25) is 5.75 Å². The van der Waals surface area contributed by atoms with Crippen LogP contribution in [-0.2, 0) is 7.05 Å². The number of ether oxygens (including phenoxy) is 4. The third kappa shape index (κ3) is 3.33. The van der Waals surface area contributed by atoms with Gasteiger partial charge >= 0.3 is 0 Å². The summed E-state index contributed by atoms with van der Waals surface area (Å²) in [7, 11) is 6.76. The van der Waals surface area contributed by atoms with Gasteiger partial charge in [-0.3, -0.25) is 4.79 Å².